The molecule has 4 heteroatoms. The lowest BCUT2D eigenvalue weighted by atomic mass is 10.1. The quantitative estimate of drug-likeness (QED) is 0.712. The van der Waals surface area contributed by atoms with Gasteiger partial charge in [0.2, 0.25) is 0 Å². The molecule has 0 saturated heterocycles. The normalized spacial score (nSPS) is 12.2. The minimum Gasteiger partial charge on any atom is -0.399 e. The smallest absolute Gasteiger partial charge is 0.137 e. The van der Waals surface area contributed by atoms with E-state index in [2.05, 4.69) is 22.2 Å². The molecule has 100 valence electrons. The molecule has 3 rings (SSSR count). The second kappa shape index (κ2) is 5.17. The summed E-state index contributed by atoms with van der Waals surface area (Å²) in [7, 11) is 0. The highest BCUT2D eigenvalue weighted by Crippen LogP contribution is 2.24. The van der Waals surface area contributed by atoms with Crippen LogP contribution >= 0.6 is 0 Å². The molecule has 0 aliphatic heterocycles. The lowest BCUT2D eigenvalue weighted by Crippen LogP contribution is -2.08. The van der Waals surface area contributed by atoms with Crippen LogP contribution in [0, 0.1) is 0 Å². The number of nitrogens with two attached hydrogens (primary N) is 1. The van der Waals surface area contributed by atoms with Crippen molar-refractivity contribution in [2.75, 3.05) is 11.1 Å². The fourth-order valence-electron chi connectivity index (χ4n) is 2.19. The minimum absolute atomic E-state index is 0.147. The van der Waals surface area contributed by atoms with Crippen molar-refractivity contribution < 1.29 is 0 Å². The third-order valence-corrected chi connectivity index (χ3v) is 3.33. The van der Waals surface area contributed by atoms with Crippen LogP contribution in [0.3, 0.4) is 0 Å². The van der Waals surface area contributed by atoms with E-state index in [1.54, 1.807) is 6.33 Å². The zero-order valence-corrected chi connectivity index (χ0v) is 11.2. The van der Waals surface area contributed by atoms with Gasteiger partial charge < -0.3 is 11.1 Å². The van der Waals surface area contributed by atoms with Crippen LogP contribution in [0.2, 0.25) is 0 Å². The van der Waals surface area contributed by atoms with E-state index in [1.165, 1.54) is 5.56 Å². The van der Waals surface area contributed by atoms with E-state index in [9.17, 15) is 0 Å². The summed E-state index contributed by atoms with van der Waals surface area (Å²) in [6.45, 7) is 2.10. The molecule has 1 heterocycles. The average molecular weight is 264 g/mol. The average Bonchev–Trinajstić information content (AvgIpc) is 2.48. The predicted molar refractivity (Wildman–Crippen MR) is 82.4 cm³/mol. The number of para-hydroxylation sites is 1. The largest absolute Gasteiger partial charge is 0.399 e. The standard InChI is InChI=1S/C16H16N4/c1-11(12-6-8-13(17)9-7-12)20-16-14-4-2-3-5-15(14)18-10-19-16/h2-11H,17H2,1H3,(H,18,19,20). The van der Waals surface area contributed by atoms with Gasteiger partial charge in [0.25, 0.3) is 0 Å². The van der Waals surface area contributed by atoms with Crippen LogP contribution in [0.1, 0.15) is 18.5 Å². The number of aromatic nitrogens is 2. The second-order valence-electron chi connectivity index (χ2n) is 4.77. The van der Waals surface area contributed by atoms with Crippen LogP contribution in [0.5, 0.6) is 0 Å². The second-order valence-corrected chi connectivity index (χ2v) is 4.77. The van der Waals surface area contributed by atoms with E-state index in [0.29, 0.717) is 0 Å². The van der Waals surface area contributed by atoms with E-state index in [1.807, 2.05) is 48.5 Å². The SMILES string of the molecule is CC(Nc1ncnc2ccccc12)c1ccc(N)cc1. The van der Waals surface area contributed by atoms with E-state index >= 15 is 0 Å². The number of anilines is 2. The van der Waals surface area contributed by atoms with Gasteiger partial charge in [-0.15, -0.1) is 0 Å². The molecule has 1 atom stereocenters. The van der Waals surface area contributed by atoms with Gasteiger partial charge in [-0.2, -0.15) is 0 Å². The van der Waals surface area contributed by atoms with Crippen molar-refractivity contribution in [1.29, 1.82) is 0 Å². The van der Waals surface area contributed by atoms with Crippen LogP contribution in [-0.2, 0) is 0 Å². The van der Waals surface area contributed by atoms with E-state index < -0.39 is 0 Å². The summed E-state index contributed by atoms with van der Waals surface area (Å²) in [4.78, 5) is 8.61. The van der Waals surface area contributed by atoms with Crippen LogP contribution in [0.4, 0.5) is 11.5 Å². The Morgan fingerprint density at radius 1 is 1.00 bits per heavy atom. The first-order chi connectivity index (χ1) is 9.74. The van der Waals surface area contributed by atoms with Crippen molar-refractivity contribution in [1.82, 2.24) is 9.97 Å². The third kappa shape index (κ3) is 2.40. The van der Waals surface area contributed by atoms with Crippen molar-refractivity contribution in [3.8, 4) is 0 Å². The monoisotopic (exact) mass is 264 g/mol. The highest BCUT2D eigenvalue weighted by Gasteiger charge is 2.08. The molecule has 2 aromatic carbocycles. The molecule has 0 bridgehead atoms. The maximum absolute atomic E-state index is 5.71. The molecule has 0 amide bonds. The minimum atomic E-state index is 0.147. The summed E-state index contributed by atoms with van der Waals surface area (Å²) in [5, 5.41) is 4.45. The number of nitrogen functional groups attached to an aromatic ring is 1. The molecule has 0 aliphatic carbocycles. The van der Waals surface area contributed by atoms with Crippen molar-refractivity contribution in [2.24, 2.45) is 0 Å². The molecule has 3 aromatic rings. The molecule has 1 aromatic heterocycles. The van der Waals surface area contributed by atoms with E-state index in [0.717, 1.165) is 22.4 Å². The van der Waals surface area contributed by atoms with Gasteiger partial charge in [-0.05, 0) is 36.8 Å². The molecule has 0 spiro atoms. The number of nitrogens with zero attached hydrogens (tertiary/aromatic N) is 2. The molecule has 0 radical (unpaired) electrons. The van der Waals surface area contributed by atoms with Crippen molar-refractivity contribution in [3.05, 3.63) is 60.4 Å². The molecular formula is C16H16N4. The van der Waals surface area contributed by atoms with Crippen LogP contribution < -0.4 is 11.1 Å². The van der Waals surface area contributed by atoms with Gasteiger partial charge in [0.15, 0.2) is 0 Å². The molecular weight excluding hydrogens is 248 g/mol. The van der Waals surface area contributed by atoms with Crippen LogP contribution in [-0.4, -0.2) is 9.97 Å². The molecule has 0 aliphatic rings. The number of rotatable bonds is 3. The highest BCUT2D eigenvalue weighted by molar-refractivity contribution is 5.88. The van der Waals surface area contributed by atoms with Gasteiger partial charge in [-0.3, -0.25) is 0 Å². The zero-order valence-electron chi connectivity index (χ0n) is 11.2. The summed E-state index contributed by atoms with van der Waals surface area (Å²) in [6, 6.07) is 16.0. The Labute approximate surface area is 117 Å². The number of hydrogen-bond donors (Lipinski definition) is 2. The Morgan fingerprint density at radius 3 is 2.55 bits per heavy atom. The summed E-state index contributed by atoms with van der Waals surface area (Å²) in [5.41, 5.74) is 8.59. The summed E-state index contributed by atoms with van der Waals surface area (Å²) < 4.78 is 0. The van der Waals surface area contributed by atoms with Gasteiger partial charge >= 0.3 is 0 Å². The summed E-state index contributed by atoms with van der Waals surface area (Å²) in [6.07, 6.45) is 1.58. The Bertz CT molecular complexity index is 717. The van der Waals surface area contributed by atoms with Gasteiger partial charge in [0.05, 0.1) is 5.52 Å². The zero-order chi connectivity index (χ0) is 13.9. The number of fused-ring (bicyclic) bond motifs is 1. The van der Waals surface area contributed by atoms with Gasteiger partial charge in [-0.25, -0.2) is 9.97 Å². The summed E-state index contributed by atoms with van der Waals surface area (Å²) >= 11 is 0. The first-order valence-corrected chi connectivity index (χ1v) is 6.56. The van der Waals surface area contributed by atoms with Crippen LogP contribution in [0.25, 0.3) is 10.9 Å². The predicted octanol–water partition coefficient (Wildman–Crippen LogP) is 3.39. The van der Waals surface area contributed by atoms with Crippen molar-refractivity contribution >= 4 is 22.4 Å². The highest BCUT2D eigenvalue weighted by atomic mass is 15.0. The fraction of sp³-hybridized carbons (Fsp3) is 0.125. The maximum Gasteiger partial charge on any atom is 0.137 e. The van der Waals surface area contributed by atoms with Crippen molar-refractivity contribution in [3.63, 3.8) is 0 Å². The molecule has 0 fully saturated rings. The summed E-state index contributed by atoms with van der Waals surface area (Å²) in [5.74, 6) is 0.847. The topological polar surface area (TPSA) is 63.8 Å². The maximum atomic E-state index is 5.71. The Hall–Kier alpha value is -2.62. The number of hydrogen-bond acceptors (Lipinski definition) is 4. The fourth-order valence-corrected chi connectivity index (χ4v) is 2.19. The van der Waals surface area contributed by atoms with Gasteiger partial charge in [0.1, 0.15) is 12.1 Å². The van der Waals surface area contributed by atoms with E-state index in [-0.39, 0.29) is 6.04 Å². The lowest BCUT2D eigenvalue weighted by molar-refractivity contribution is 0.876. The Kier molecular flexibility index (Phi) is 3.21. The third-order valence-electron chi connectivity index (χ3n) is 3.33. The molecule has 0 saturated carbocycles. The first-order valence-electron chi connectivity index (χ1n) is 6.56. The molecule has 4 nitrogen and oxygen atoms in total. The Balaban J connectivity index is 1.91. The first kappa shape index (κ1) is 12.4. The molecule has 20 heavy (non-hydrogen) atoms. The van der Waals surface area contributed by atoms with Gasteiger partial charge in [0, 0.05) is 17.1 Å². The molecule has 3 N–H and O–H groups in total. The lowest BCUT2D eigenvalue weighted by Gasteiger charge is -2.16. The number of benzene rings is 2. The van der Waals surface area contributed by atoms with Crippen molar-refractivity contribution in [2.45, 2.75) is 13.0 Å². The van der Waals surface area contributed by atoms with Gasteiger partial charge in [-0.1, -0.05) is 24.3 Å². The molecule has 1 unspecified atom stereocenters. The number of nitrogens with one attached hydrogen (secondary N) is 1. The van der Waals surface area contributed by atoms with Crippen LogP contribution in [0.15, 0.2) is 54.9 Å². The Morgan fingerprint density at radius 2 is 1.75 bits per heavy atom. The van der Waals surface area contributed by atoms with E-state index in [4.69, 9.17) is 5.73 Å².